The largest absolute Gasteiger partial charge is 0.308 e. The first-order chi connectivity index (χ1) is 55.0. The molecule has 0 saturated carbocycles. The number of amides is 4. The Kier molecular flexibility index (Phi) is 45.2. The lowest BCUT2D eigenvalue weighted by molar-refractivity contribution is -0.114. The van der Waals surface area contributed by atoms with Gasteiger partial charge in [-0.05, 0) is 74.6 Å². The molecule has 4 heterocycles. The smallest absolute Gasteiger partial charge is 0.259 e. The number of unbranched alkanes of at least 4 members (excludes halogenated alkanes) is 46. The Hall–Kier alpha value is -4.54. The normalized spacial score (nSPS) is 15.4. The number of anilines is 4. The number of halogens is 2. The number of benzene rings is 4. The zero-order valence-electron chi connectivity index (χ0n) is 72.4. The molecule has 0 spiro atoms. The summed E-state index contributed by atoms with van der Waals surface area (Å²) < 4.78 is 1.84. The molecule has 4 aliphatic heterocycles. The summed E-state index contributed by atoms with van der Waals surface area (Å²) in [7, 11) is 0. The van der Waals surface area contributed by atoms with E-state index in [1.54, 1.807) is 0 Å². The monoisotopic (exact) mass is 1660 g/mol. The fourth-order valence-electron chi connectivity index (χ4n) is 19.2. The lowest BCUT2D eigenvalue weighted by atomic mass is 9.90. The molecule has 0 radical (unpaired) electrons. The summed E-state index contributed by atoms with van der Waals surface area (Å²) in [5.74, 6) is 0.913. The van der Waals surface area contributed by atoms with Gasteiger partial charge in [0.15, 0.2) is 0 Å². The first-order valence-corrected chi connectivity index (χ1v) is 49.6. The van der Waals surface area contributed by atoms with Crippen LogP contribution in [-0.4, -0.2) is 49.8 Å². The Morgan fingerprint density at radius 2 is 0.438 bits per heavy atom. The first-order valence-electron chi connectivity index (χ1n) is 48.0. The standard InChI is InChI=1S/C102H158Br2N4O4/c1-7-13-19-25-31-37-39-45-51-57-75-107-97-85-71-74-90-96(94-88-70-68-84(104)80-92(88)106(100(94)110)78-60-66-82(63-55-49-43-35-29-23-17-11-5)64-56-50-44-36-30-24-18-12-6)102(112)108(76-58-52-46-40-38-32-26-20-14-8-2)98(90)86(85)72-73-89(97)95(101(107)111)93-87-69-67-83(103)79-91(87)105(99(93)109)77-59-65-81(61-53-47-41-33-27-21-15-9-3)62-54-48-42-34-28-22-16-10-4/h67-74,79-82H,7-66,75-78H2,1-6H3/b95-93-,96-94-. The maximum absolute atomic E-state index is 16.1. The van der Waals surface area contributed by atoms with E-state index in [-0.39, 0.29) is 23.6 Å². The van der Waals surface area contributed by atoms with Crippen LogP contribution >= 0.6 is 31.9 Å². The molecule has 112 heavy (non-hydrogen) atoms. The minimum Gasteiger partial charge on any atom is -0.308 e. The van der Waals surface area contributed by atoms with Crippen molar-refractivity contribution in [3.05, 3.63) is 91.9 Å². The highest BCUT2D eigenvalue weighted by Gasteiger charge is 2.46. The molecule has 0 bridgehead atoms. The van der Waals surface area contributed by atoms with Gasteiger partial charge in [-0.3, -0.25) is 19.2 Å². The maximum Gasteiger partial charge on any atom is 0.259 e. The first kappa shape index (κ1) is 93.0. The van der Waals surface area contributed by atoms with E-state index in [0.717, 1.165) is 129 Å². The van der Waals surface area contributed by atoms with Crippen molar-refractivity contribution >= 4 is 111 Å². The average Bonchev–Trinajstić information content (AvgIpc) is 1.55. The van der Waals surface area contributed by atoms with Crippen LogP contribution in [0.1, 0.15) is 449 Å². The molecule has 4 amide bonds. The highest BCUT2D eigenvalue weighted by atomic mass is 79.9. The Labute approximate surface area is 701 Å². The topological polar surface area (TPSA) is 81.2 Å². The predicted molar refractivity (Wildman–Crippen MR) is 493 cm³/mol. The molecule has 4 aromatic carbocycles. The molecule has 4 aliphatic rings. The van der Waals surface area contributed by atoms with Crippen molar-refractivity contribution in [2.75, 3.05) is 45.8 Å². The van der Waals surface area contributed by atoms with Gasteiger partial charge in [0, 0.05) is 68.2 Å². The highest BCUT2D eigenvalue weighted by Crippen LogP contribution is 2.55. The summed E-state index contributed by atoms with van der Waals surface area (Å²) in [6.07, 6.45) is 75.5. The van der Waals surface area contributed by atoms with E-state index >= 15 is 19.2 Å². The van der Waals surface area contributed by atoms with Crippen molar-refractivity contribution in [1.29, 1.82) is 0 Å². The molecule has 10 heteroatoms. The zero-order valence-corrected chi connectivity index (χ0v) is 75.5. The molecule has 0 aliphatic carbocycles. The van der Waals surface area contributed by atoms with E-state index in [9.17, 15) is 0 Å². The van der Waals surface area contributed by atoms with E-state index in [0.29, 0.717) is 60.3 Å². The minimum atomic E-state index is -0.109. The van der Waals surface area contributed by atoms with Crippen molar-refractivity contribution in [1.82, 2.24) is 0 Å². The molecule has 8 rings (SSSR count). The van der Waals surface area contributed by atoms with Crippen LogP contribution < -0.4 is 19.6 Å². The fraction of sp³-hybridized carbons (Fsp3) is 0.706. The highest BCUT2D eigenvalue weighted by molar-refractivity contribution is 9.10. The van der Waals surface area contributed by atoms with Gasteiger partial charge in [-0.2, -0.15) is 0 Å². The molecule has 4 aromatic rings. The Balaban J connectivity index is 1.13. The average molecular weight is 1660 g/mol. The summed E-state index contributed by atoms with van der Waals surface area (Å²) in [6, 6.07) is 21.0. The number of nitrogens with zero attached hydrogens (tertiary/aromatic N) is 4. The van der Waals surface area contributed by atoms with E-state index < -0.39 is 0 Å². The van der Waals surface area contributed by atoms with Crippen molar-refractivity contribution in [2.24, 2.45) is 11.8 Å². The van der Waals surface area contributed by atoms with Gasteiger partial charge in [0.2, 0.25) is 0 Å². The van der Waals surface area contributed by atoms with Crippen LogP contribution in [0.3, 0.4) is 0 Å². The van der Waals surface area contributed by atoms with Crippen LogP contribution in [-0.2, 0) is 19.2 Å². The second kappa shape index (κ2) is 54.5. The van der Waals surface area contributed by atoms with Crippen LogP contribution in [0, 0.1) is 11.8 Å². The molecule has 0 fully saturated rings. The van der Waals surface area contributed by atoms with E-state index in [2.05, 4.69) is 122 Å². The van der Waals surface area contributed by atoms with Gasteiger partial charge in [0.05, 0.1) is 45.0 Å². The third-order valence-electron chi connectivity index (χ3n) is 25.9. The summed E-state index contributed by atoms with van der Waals surface area (Å²) in [4.78, 5) is 72.0. The molecule has 624 valence electrons. The van der Waals surface area contributed by atoms with Crippen molar-refractivity contribution < 1.29 is 19.2 Å². The molecule has 0 unspecified atom stereocenters. The van der Waals surface area contributed by atoms with Crippen molar-refractivity contribution in [2.45, 2.75) is 427 Å². The summed E-state index contributed by atoms with van der Waals surface area (Å²) in [6.45, 7) is 16.1. The second-order valence-electron chi connectivity index (χ2n) is 35.1. The Bertz CT molecular complexity index is 3210. The Morgan fingerprint density at radius 1 is 0.232 bits per heavy atom. The summed E-state index contributed by atoms with van der Waals surface area (Å²) in [5.41, 5.74) is 8.71. The third-order valence-corrected chi connectivity index (χ3v) is 26.9. The molecular formula is C102H158Br2N4O4. The van der Waals surface area contributed by atoms with Gasteiger partial charge >= 0.3 is 0 Å². The lowest BCUT2D eigenvalue weighted by Crippen LogP contribution is -2.30. The molecule has 0 atom stereocenters. The number of fused-ring (bicyclic) bond motifs is 7. The van der Waals surface area contributed by atoms with Gasteiger partial charge < -0.3 is 19.6 Å². The quantitative estimate of drug-likeness (QED) is 0.0326. The Morgan fingerprint density at radius 3 is 0.705 bits per heavy atom. The van der Waals surface area contributed by atoms with E-state index in [1.165, 1.54) is 321 Å². The number of hydrogen-bond donors (Lipinski definition) is 0. The lowest BCUT2D eigenvalue weighted by Gasteiger charge is -2.22. The van der Waals surface area contributed by atoms with Crippen LogP contribution in [0.2, 0.25) is 0 Å². The zero-order chi connectivity index (χ0) is 79.3. The number of carbonyl (C=O) groups excluding carboxylic acids is 4. The predicted octanol–water partition coefficient (Wildman–Crippen LogP) is 32.3. The second-order valence-corrected chi connectivity index (χ2v) is 36.9. The van der Waals surface area contributed by atoms with Gasteiger partial charge in [0.25, 0.3) is 23.6 Å². The molecule has 0 aromatic heterocycles. The van der Waals surface area contributed by atoms with Gasteiger partial charge in [0.1, 0.15) is 0 Å². The fourth-order valence-corrected chi connectivity index (χ4v) is 19.9. The number of carbonyl (C=O) groups is 4. The third kappa shape index (κ3) is 28.9. The van der Waals surface area contributed by atoms with Crippen LogP contribution in [0.25, 0.3) is 33.1 Å². The van der Waals surface area contributed by atoms with Crippen LogP contribution in [0.15, 0.2) is 69.6 Å². The van der Waals surface area contributed by atoms with Crippen LogP contribution in [0.5, 0.6) is 0 Å². The molecule has 0 saturated heterocycles. The van der Waals surface area contributed by atoms with Crippen molar-refractivity contribution in [3.63, 3.8) is 0 Å². The van der Waals surface area contributed by atoms with E-state index in [4.69, 9.17) is 0 Å². The maximum atomic E-state index is 16.1. The molecule has 0 N–H and O–H groups in total. The van der Waals surface area contributed by atoms with Crippen molar-refractivity contribution in [3.8, 4) is 0 Å². The SMILES string of the molecule is CCCCCCCCCCCCN1C(=O)/C(=C2\C(=O)N(CCCC(CCCCCCCCCC)CCCCCCCCCC)c3cc(Br)ccc32)c2ccc3c4c(ccc3c21)/C(=C1/C(=O)N(CCCC(CCCCCCCCCC)CCCCCCCCCC)c2cc(Br)ccc21)C(=O)N4CCCCCCCCCCCC. The molecular weight excluding hydrogens is 1500 g/mol. The number of rotatable bonds is 66. The minimum absolute atomic E-state index is 0.0792. The van der Waals surface area contributed by atoms with Gasteiger partial charge in [-0.15, -0.1) is 0 Å². The van der Waals surface area contributed by atoms with Crippen LogP contribution in [0.4, 0.5) is 22.7 Å². The van der Waals surface area contributed by atoms with Gasteiger partial charge in [-0.25, -0.2) is 0 Å². The summed E-state index contributed by atoms with van der Waals surface area (Å²) in [5, 5.41) is 1.82. The molecule has 8 nitrogen and oxygen atoms in total. The van der Waals surface area contributed by atoms with Gasteiger partial charge in [-0.1, -0.05) is 457 Å². The van der Waals surface area contributed by atoms with E-state index in [1.807, 2.05) is 31.7 Å². The summed E-state index contributed by atoms with van der Waals surface area (Å²) >= 11 is 7.68. The number of hydrogen-bond acceptors (Lipinski definition) is 4.